The number of sulfonamides is 1. The van der Waals surface area contributed by atoms with Crippen LogP contribution in [0.3, 0.4) is 0 Å². The van der Waals surface area contributed by atoms with Gasteiger partial charge in [0.05, 0.1) is 6.33 Å². The number of imidazole rings is 1. The molecule has 4 aliphatic rings. The third kappa shape index (κ3) is 2.37. The molecule has 5 heterocycles. The number of piperidine rings is 3. The van der Waals surface area contributed by atoms with E-state index in [1.54, 1.807) is 28.4 Å². The van der Waals surface area contributed by atoms with Crippen LogP contribution < -0.4 is 0 Å². The van der Waals surface area contributed by atoms with E-state index in [0.717, 1.165) is 25.9 Å². The third-order valence-electron chi connectivity index (χ3n) is 6.43. The Bertz CT molecular complexity index is 903. The highest BCUT2D eigenvalue weighted by Crippen LogP contribution is 2.48. The Morgan fingerprint density at radius 2 is 1.81 bits per heavy atom. The smallest absolute Gasteiger partial charge is 0.262 e. The lowest BCUT2D eigenvalue weighted by Gasteiger charge is -2.50. The Hall–Kier alpha value is -1.70. The number of fused-ring (bicyclic) bond motifs is 2. The number of hydrogen-bond donors (Lipinski definition) is 0. The molecule has 0 saturated carbocycles. The van der Waals surface area contributed by atoms with Crippen LogP contribution >= 0.6 is 0 Å². The summed E-state index contributed by atoms with van der Waals surface area (Å²) in [5, 5.41) is 0.170. The third-order valence-corrected chi connectivity index (χ3v) is 8.18. The van der Waals surface area contributed by atoms with E-state index in [9.17, 15) is 8.42 Å². The average Bonchev–Trinajstić information content (AvgIpc) is 3.29. The van der Waals surface area contributed by atoms with E-state index in [1.807, 2.05) is 6.07 Å². The molecule has 0 radical (unpaired) electrons. The monoisotopic (exact) mass is 372 g/mol. The van der Waals surface area contributed by atoms with Gasteiger partial charge in [-0.1, -0.05) is 30.3 Å². The first-order valence-corrected chi connectivity index (χ1v) is 10.8. The van der Waals surface area contributed by atoms with E-state index < -0.39 is 10.0 Å². The Labute approximate surface area is 154 Å². The number of rotatable bonds is 3. The summed E-state index contributed by atoms with van der Waals surface area (Å²) in [6.45, 7) is 2.73. The van der Waals surface area contributed by atoms with E-state index in [0.29, 0.717) is 12.5 Å². The molecule has 4 fully saturated rings. The molecule has 0 spiro atoms. The predicted molar refractivity (Wildman–Crippen MR) is 98.2 cm³/mol. The quantitative estimate of drug-likeness (QED) is 0.822. The molecule has 4 aliphatic heterocycles. The van der Waals surface area contributed by atoms with Crippen LogP contribution in [-0.2, 0) is 17.1 Å². The van der Waals surface area contributed by atoms with Gasteiger partial charge in [0, 0.05) is 37.8 Å². The molecular weight excluding hydrogens is 348 g/mol. The van der Waals surface area contributed by atoms with E-state index in [-0.39, 0.29) is 23.0 Å². The molecule has 0 aliphatic carbocycles. The SMILES string of the molecule is Cn1cnc(S(=O)(=O)N2C[C@H](c3ccccc3)[C@H]3[C@@H]2C2CCN3CC2)c1. The van der Waals surface area contributed by atoms with Gasteiger partial charge < -0.3 is 4.57 Å². The molecule has 138 valence electrons. The minimum atomic E-state index is -3.58. The summed E-state index contributed by atoms with van der Waals surface area (Å²) >= 11 is 0. The van der Waals surface area contributed by atoms with Gasteiger partial charge in [0.2, 0.25) is 0 Å². The van der Waals surface area contributed by atoms with Crippen LogP contribution in [0.2, 0.25) is 0 Å². The lowest BCUT2D eigenvalue weighted by atomic mass is 9.75. The Morgan fingerprint density at radius 1 is 1.08 bits per heavy atom. The second kappa shape index (κ2) is 5.90. The van der Waals surface area contributed by atoms with Crippen molar-refractivity contribution >= 4 is 10.0 Å². The highest BCUT2D eigenvalue weighted by Gasteiger charge is 2.56. The van der Waals surface area contributed by atoms with E-state index >= 15 is 0 Å². The molecule has 6 nitrogen and oxygen atoms in total. The first-order chi connectivity index (χ1) is 12.6. The van der Waals surface area contributed by atoms with Gasteiger partial charge in [-0.15, -0.1) is 0 Å². The highest BCUT2D eigenvalue weighted by atomic mass is 32.2. The fourth-order valence-electron chi connectivity index (χ4n) is 5.28. The molecule has 1 aromatic heterocycles. The fourth-order valence-corrected chi connectivity index (χ4v) is 6.97. The van der Waals surface area contributed by atoms with Gasteiger partial charge in [-0.2, -0.15) is 4.31 Å². The van der Waals surface area contributed by atoms with Crippen molar-refractivity contribution in [3.05, 3.63) is 48.4 Å². The maximum atomic E-state index is 13.4. The van der Waals surface area contributed by atoms with Crippen molar-refractivity contribution in [1.82, 2.24) is 18.8 Å². The van der Waals surface area contributed by atoms with Gasteiger partial charge in [0.15, 0.2) is 5.03 Å². The van der Waals surface area contributed by atoms with Gasteiger partial charge in [-0.25, -0.2) is 13.4 Å². The van der Waals surface area contributed by atoms with Crippen LogP contribution in [0, 0.1) is 5.92 Å². The molecule has 4 saturated heterocycles. The normalized spacial score (nSPS) is 34.1. The number of aromatic nitrogens is 2. The van der Waals surface area contributed by atoms with Gasteiger partial charge in [0.1, 0.15) is 0 Å². The number of hydrogen-bond acceptors (Lipinski definition) is 4. The second-order valence-corrected chi connectivity index (χ2v) is 9.66. The largest absolute Gasteiger partial charge is 0.339 e. The summed E-state index contributed by atoms with van der Waals surface area (Å²) in [5.74, 6) is 0.681. The molecule has 0 amide bonds. The van der Waals surface area contributed by atoms with Crippen LogP contribution in [0.4, 0.5) is 0 Å². The molecule has 6 rings (SSSR count). The molecule has 3 atom stereocenters. The Kier molecular flexibility index (Phi) is 3.74. The van der Waals surface area contributed by atoms with E-state index in [4.69, 9.17) is 0 Å². The summed E-state index contributed by atoms with van der Waals surface area (Å²) in [6, 6.07) is 10.8. The lowest BCUT2D eigenvalue weighted by molar-refractivity contribution is 0.0122. The molecule has 0 N–H and O–H groups in total. The standard InChI is InChI=1S/C19H24N4O2S/c1-21-12-17(20-13-21)26(24,25)23-11-16(14-5-3-2-4-6-14)19-18(23)15-7-9-22(19)10-8-15/h2-6,12-13,15-16,18-19H,7-11H2,1H3/t16-,18+,19+/m1/s1. The van der Waals surface area contributed by atoms with Crippen LogP contribution in [0.15, 0.2) is 47.9 Å². The zero-order valence-electron chi connectivity index (χ0n) is 14.9. The molecular formula is C19H24N4O2S. The first-order valence-electron chi connectivity index (χ1n) is 9.34. The van der Waals surface area contributed by atoms with Crippen LogP contribution in [0.1, 0.15) is 24.3 Å². The topological polar surface area (TPSA) is 58.4 Å². The molecule has 0 unspecified atom stereocenters. The van der Waals surface area contributed by atoms with Crippen LogP contribution in [0.5, 0.6) is 0 Å². The van der Waals surface area contributed by atoms with Crippen molar-refractivity contribution < 1.29 is 8.42 Å². The maximum absolute atomic E-state index is 13.4. The average molecular weight is 372 g/mol. The summed E-state index contributed by atoms with van der Waals surface area (Å²) in [4.78, 5) is 6.67. The second-order valence-electron chi connectivity index (χ2n) is 7.82. The summed E-state index contributed by atoms with van der Waals surface area (Å²) in [6.07, 6.45) is 5.36. The van der Waals surface area contributed by atoms with Gasteiger partial charge in [-0.3, -0.25) is 4.90 Å². The van der Waals surface area contributed by atoms with Gasteiger partial charge >= 0.3 is 0 Å². The first kappa shape index (κ1) is 16.5. The fraction of sp³-hybridized carbons (Fsp3) is 0.526. The minimum absolute atomic E-state index is 0.0645. The number of nitrogens with zero attached hydrogens (tertiary/aromatic N) is 4. The zero-order valence-corrected chi connectivity index (χ0v) is 15.7. The molecule has 1 aromatic carbocycles. The Balaban J connectivity index is 1.58. The van der Waals surface area contributed by atoms with Crippen LogP contribution in [0.25, 0.3) is 0 Å². The van der Waals surface area contributed by atoms with Crippen LogP contribution in [-0.4, -0.2) is 58.9 Å². The molecule has 7 heteroatoms. The van der Waals surface area contributed by atoms with Gasteiger partial charge in [0.25, 0.3) is 10.0 Å². The summed E-state index contributed by atoms with van der Waals surface area (Å²) in [5.41, 5.74) is 1.24. The van der Waals surface area contributed by atoms with Crippen molar-refractivity contribution in [2.45, 2.75) is 35.9 Å². The van der Waals surface area contributed by atoms with Gasteiger partial charge in [-0.05, 0) is 37.4 Å². The molecule has 26 heavy (non-hydrogen) atoms. The van der Waals surface area contributed by atoms with E-state index in [2.05, 4.69) is 34.1 Å². The molecule has 2 bridgehead atoms. The molecule has 2 aromatic rings. The van der Waals surface area contributed by atoms with Crippen molar-refractivity contribution in [2.75, 3.05) is 19.6 Å². The predicted octanol–water partition coefficient (Wildman–Crippen LogP) is 1.67. The van der Waals surface area contributed by atoms with Crippen molar-refractivity contribution in [1.29, 1.82) is 0 Å². The highest BCUT2D eigenvalue weighted by molar-refractivity contribution is 7.89. The minimum Gasteiger partial charge on any atom is -0.339 e. The maximum Gasteiger partial charge on any atom is 0.262 e. The zero-order chi connectivity index (χ0) is 17.9. The Morgan fingerprint density at radius 3 is 2.46 bits per heavy atom. The lowest BCUT2D eigenvalue weighted by Crippen LogP contribution is -2.60. The van der Waals surface area contributed by atoms with Crippen molar-refractivity contribution in [2.24, 2.45) is 13.0 Å². The van der Waals surface area contributed by atoms with E-state index in [1.165, 1.54) is 5.56 Å². The summed E-state index contributed by atoms with van der Waals surface area (Å²) in [7, 11) is -1.77. The number of aryl methyl sites for hydroxylation is 1. The van der Waals surface area contributed by atoms with Crippen molar-refractivity contribution in [3.63, 3.8) is 0 Å². The number of benzene rings is 1. The van der Waals surface area contributed by atoms with Crippen molar-refractivity contribution in [3.8, 4) is 0 Å². The summed E-state index contributed by atoms with van der Waals surface area (Å²) < 4.78 is 30.2.